The molecule has 0 spiro atoms. The lowest BCUT2D eigenvalue weighted by atomic mass is 9.87. The molecule has 4 aromatic heterocycles. The highest BCUT2D eigenvalue weighted by Crippen LogP contribution is 2.49. The second-order valence-corrected chi connectivity index (χ2v) is 14.2. The molecular weight excluding hydrogens is 633 g/mol. The smallest absolute Gasteiger partial charge is 0.147 e. The summed E-state index contributed by atoms with van der Waals surface area (Å²) in [5.41, 5.74) is 8.90. The summed E-state index contributed by atoms with van der Waals surface area (Å²) in [6, 6.07) is 51.7. The lowest BCUT2D eigenvalue weighted by Gasteiger charge is -2.16. The van der Waals surface area contributed by atoms with Gasteiger partial charge in [0.1, 0.15) is 33.5 Å². The van der Waals surface area contributed by atoms with Crippen LogP contribution in [0.5, 0.6) is 0 Å². The maximum atomic E-state index is 6.56. The first-order valence-corrected chi connectivity index (χ1v) is 17.6. The molecule has 50 heavy (non-hydrogen) atoms. The van der Waals surface area contributed by atoms with E-state index in [9.17, 15) is 0 Å². The number of fused-ring (bicyclic) bond motifs is 14. The molecule has 12 rings (SSSR count). The Kier molecular flexibility index (Phi) is 5.12. The maximum absolute atomic E-state index is 6.56. The van der Waals surface area contributed by atoms with Crippen molar-refractivity contribution in [1.82, 2.24) is 0 Å². The first-order valence-electron chi connectivity index (χ1n) is 16.8. The Morgan fingerprint density at radius 3 is 1.68 bits per heavy atom. The van der Waals surface area contributed by atoms with E-state index in [-0.39, 0.29) is 0 Å². The number of para-hydroxylation sites is 2. The predicted molar refractivity (Wildman–Crippen MR) is 210 cm³/mol. The van der Waals surface area contributed by atoms with E-state index in [2.05, 4.69) is 127 Å². The van der Waals surface area contributed by atoms with Crippen LogP contribution in [-0.4, -0.2) is 0 Å². The van der Waals surface area contributed by atoms with Crippen molar-refractivity contribution < 1.29 is 13.3 Å². The minimum atomic E-state index is 0.832. The molecule has 0 aliphatic heterocycles. The zero-order valence-corrected chi connectivity index (χ0v) is 27.3. The van der Waals surface area contributed by atoms with Crippen molar-refractivity contribution in [2.45, 2.75) is 0 Å². The number of rotatable bonds is 2. The largest absolute Gasteiger partial charge is 0.456 e. The minimum absolute atomic E-state index is 0.832. The fourth-order valence-electron chi connectivity index (χ4n) is 8.33. The van der Waals surface area contributed by atoms with Crippen molar-refractivity contribution in [3.05, 3.63) is 146 Å². The molecule has 0 atom stereocenters. The van der Waals surface area contributed by atoms with Gasteiger partial charge in [-0.15, -0.1) is 11.3 Å². The van der Waals surface area contributed by atoms with Gasteiger partial charge < -0.3 is 13.3 Å². The third-order valence-electron chi connectivity index (χ3n) is 10.5. The van der Waals surface area contributed by atoms with Crippen LogP contribution in [0.25, 0.3) is 119 Å². The average Bonchev–Trinajstić information content (AvgIpc) is 3.94. The van der Waals surface area contributed by atoms with E-state index in [1.807, 2.05) is 29.5 Å². The molecule has 3 nitrogen and oxygen atoms in total. The van der Waals surface area contributed by atoms with E-state index in [0.29, 0.717) is 0 Å². The molecular formula is C46H24O3S. The Balaban J connectivity index is 1.12. The van der Waals surface area contributed by atoms with Gasteiger partial charge in [0.2, 0.25) is 0 Å². The third kappa shape index (κ3) is 3.48. The van der Waals surface area contributed by atoms with Gasteiger partial charge in [0.15, 0.2) is 0 Å². The highest BCUT2D eigenvalue weighted by molar-refractivity contribution is 7.23. The fraction of sp³-hybridized carbons (Fsp3) is 0. The summed E-state index contributed by atoms with van der Waals surface area (Å²) in [6.07, 6.45) is 0. The lowest BCUT2D eigenvalue weighted by Crippen LogP contribution is -1.89. The van der Waals surface area contributed by atoms with Crippen LogP contribution in [0.1, 0.15) is 0 Å². The Morgan fingerprint density at radius 2 is 0.920 bits per heavy atom. The van der Waals surface area contributed by atoms with Crippen molar-refractivity contribution >= 4 is 109 Å². The number of hydrogen-bond acceptors (Lipinski definition) is 4. The van der Waals surface area contributed by atoms with Gasteiger partial charge in [0, 0.05) is 42.1 Å². The van der Waals surface area contributed by atoms with E-state index in [1.54, 1.807) is 0 Å². The van der Waals surface area contributed by atoms with Crippen molar-refractivity contribution in [2.24, 2.45) is 0 Å². The second kappa shape index (κ2) is 9.63. The molecule has 0 amide bonds. The topological polar surface area (TPSA) is 39.4 Å². The summed E-state index contributed by atoms with van der Waals surface area (Å²) in [5, 5.41) is 12.8. The molecule has 12 aromatic rings. The molecule has 0 radical (unpaired) electrons. The molecule has 4 heterocycles. The normalized spacial score (nSPS) is 12.4. The van der Waals surface area contributed by atoms with Crippen molar-refractivity contribution in [3.63, 3.8) is 0 Å². The Hall–Kier alpha value is -6.36. The highest BCUT2D eigenvalue weighted by atomic mass is 32.1. The number of thiophene rings is 1. The van der Waals surface area contributed by atoms with Crippen LogP contribution in [0.4, 0.5) is 0 Å². The van der Waals surface area contributed by atoms with Crippen molar-refractivity contribution in [2.75, 3.05) is 0 Å². The zero-order valence-electron chi connectivity index (χ0n) is 26.5. The van der Waals surface area contributed by atoms with Gasteiger partial charge in [-0.05, 0) is 92.7 Å². The number of furan rings is 3. The van der Waals surface area contributed by atoms with Crippen molar-refractivity contribution in [1.29, 1.82) is 0 Å². The summed E-state index contributed by atoms with van der Waals surface area (Å²) in [7, 11) is 0. The third-order valence-corrected chi connectivity index (χ3v) is 11.7. The van der Waals surface area contributed by atoms with Crippen LogP contribution in [-0.2, 0) is 0 Å². The lowest BCUT2D eigenvalue weighted by molar-refractivity contribution is 0.663. The first-order chi connectivity index (χ1) is 24.8. The quantitative estimate of drug-likeness (QED) is 0.174. The Labute approximate surface area is 288 Å². The standard InChI is InChI=1S/C46H24O3S/c1-3-12-30-28(10-1)41(25-17-19-34-39(23-25)48-37-22-20-32-27-9-5-7-15-35(27)49-45(32)43(34)37)29-11-2-4-13-31(29)42(30)40-24-26-18-21-38-44(46(26)50-40)33-14-6-8-16-36(33)47-38/h1-24H. The molecule has 0 unspecified atom stereocenters. The van der Waals surface area contributed by atoms with Gasteiger partial charge in [-0.25, -0.2) is 0 Å². The number of hydrogen-bond donors (Lipinski definition) is 0. The zero-order chi connectivity index (χ0) is 32.5. The summed E-state index contributed by atoms with van der Waals surface area (Å²) in [5.74, 6) is 0. The van der Waals surface area contributed by atoms with Crippen LogP contribution in [0.15, 0.2) is 159 Å². The van der Waals surface area contributed by atoms with Gasteiger partial charge in [0.25, 0.3) is 0 Å². The number of benzene rings is 8. The van der Waals surface area contributed by atoms with Crippen LogP contribution < -0.4 is 0 Å². The molecule has 0 N–H and O–H groups in total. The van der Waals surface area contributed by atoms with Gasteiger partial charge >= 0.3 is 0 Å². The Bertz CT molecular complexity index is 3330. The molecule has 4 heteroatoms. The van der Waals surface area contributed by atoms with Gasteiger partial charge in [-0.2, -0.15) is 0 Å². The Morgan fingerprint density at radius 1 is 0.360 bits per heavy atom. The minimum Gasteiger partial charge on any atom is -0.456 e. The average molecular weight is 657 g/mol. The molecule has 0 saturated carbocycles. The molecule has 232 valence electrons. The summed E-state index contributed by atoms with van der Waals surface area (Å²) in [4.78, 5) is 1.25. The van der Waals surface area contributed by atoms with Gasteiger partial charge in [-0.3, -0.25) is 0 Å². The van der Waals surface area contributed by atoms with Crippen molar-refractivity contribution in [3.8, 4) is 21.6 Å². The predicted octanol–water partition coefficient (Wildman–Crippen LogP) is 14.2. The van der Waals surface area contributed by atoms with Crippen LogP contribution in [0, 0.1) is 0 Å². The molecule has 0 aliphatic rings. The highest BCUT2D eigenvalue weighted by Gasteiger charge is 2.21. The van der Waals surface area contributed by atoms with Crippen LogP contribution >= 0.6 is 11.3 Å². The molecule has 0 saturated heterocycles. The summed E-state index contributed by atoms with van der Waals surface area (Å²) >= 11 is 1.85. The maximum Gasteiger partial charge on any atom is 0.147 e. The monoisotopic (exact) mass is 656 g/mol. The molecule has 0 aliphatic carbocycles. The van der Waals surface area contributed by atoms with Gasteiger partial charge in [0.05, 0.1) is 5.39 Å². The van der Waals surface area contributed by atoms with E-state index in [1.165, 1.54) is 53.0 Å². The van der Waals surface area contributed by atoms with E-state index < -0.39 is 0 Å². The van der Waals surface area contributed by atoms with Crippen LogP contribution in [0.2, 0.25) is 0 Å². The first kappa shape index (κ1) is 26.6. The molecule has 0 bridgehead atoms. The summed E-state index contributed by atoms with van der Waals surface area (Å²) in [6.45, 7) is 0. The van der Waals surface area contributed by atoms with E-state index in [4.69, 9.17) is 13.3 Å². The second-order valence-electron chi connectivity index (χ2n) is 13.1. The van der Waals surface area contributed by atoms with Crippen LogP contribution in [0.3, 0.4) is 0 Å². The molecule has 8 aromatic carbocycles. The fourth-order valence-corrected chi connectivity index (χ4v) is 9.62. The SMILES string of the molecule is c1ccc2c(c1)oc1c2ccc2oc3cc(-c4c5ccccc5c(-c5cc6ccc7oc8ccccc8c7c6s5)c5ccccc45)ccc3c21. The summed E-state index contributed by atoms with van der Waals surface area (Å²) < 4.78 is 20.5. The van der Waals surface area contributed by atoms with Gasteiger partial charge in [-0.1, -0.05) is 91.0 Å². The van der Waals surface area contributed by atoms with E-state index >= 15 is 0 Å². The van der Waals surface area contributed by atoms with E-state index in [0.717, 1.165) is 66.0 Å². The molecule has 0 fully saturated rings.